The van der Waals surface area contributed by atoms with Crippen LogP contribution in [0.3, 0.4) is 0 Å². The molecule has 36 heavy (non-hydrogen) atoms. The lowest BCUT2D eigenvalue weighted by atomic mass is 9.77. The number of para-hydroxylation sites is 1. The van der Waals surface area contributed by atoms with Crippen molar-refractivity contribution in [2.24, 2.45) is 0 Å². The number of aryl methyl sites for hydroxylation is 1. The van der Waals surface area contributed by atoms with Crippen molar-refractivity contribution in [2.45, 2.75) is 26.4 Å². The third-order valence-corrected chi connectivity index (χ3v) is 7.22. The Morgan fingerprint density at radius 1 is 0.806 bits per heavy atom. The van der Waals surface area contributed by atoms with E-state index in [-0.39, 0.29) is 5.97 Å². The summed E-state index contributed by atoms with van der Waals surface area (Å²) >= 11 is 0. The summed E-state index contributed by atoms with van der Waals surface area (Å²) in [6.07, 6.45) is 0. The second-order valence-corrected chi connectivity index (χ2v) is 9.23. The number of carbonyl (C=O) groups is 1. The van der Waals surface area contributed by atoms with Crippen LogP contribution in [0.4, 0.5) is 17.1 Å². The maximum Gasteiger partial charge on any atom is 0.340 e. The standard InChI is InChI=1S/C31H28N2O3/c1-4-33(5-2)22-15-16-25-28(18-22)35-29-19-27(32-21-11-7-6-8-12-21)20(3)17-26(29)31(25)24-14-10-9-13-23(24)30(34)36-31/h6-19,32H,4-5H2,1-3H3. The Balaban J connectivity index is 1.57. The van der Waals surface area contributed by atoms with Gasteiger partial charge in [0.15, 0.2) is 5.60 Å². The first-order valence-corrected chi connectivity index (χ1v) is 12.4. The van der Waals surface area contributed by atoms with Gasteiger partial charge in [0, 0.05) is 59.0 Å². The van der Waals surface area contributed by atoms with E-state index in [4.69, 9.17) is 9.47 Å². The molecule has 0 radical (unpaired) electrons. The summed E-state index contributed by atoms with van der Waals surface area (Å²) < 4.78 is 12.9. The van der Waals surface area contributed by atoms with E-state index in [0.29, 0.717) is 17.1 Å². The molecule has 4 aromatic carbocycles. The molecule has 180 valence electrons. The average Bonchev–Trinajstić information content (AvgIpc) is 3.19. The van der Waals surface area contributed by atoms with Gasteiger partial charge in [-0.2, -0.15) is 0 Å². The highest BCUT2D eigenvalue weighted by atomic mass is 16.6. The van der Waals surface area contributed by atoms with E-state index in [2.05, 4.69) is 49.2 Å². The van der Waals surface area contributed by atoms with Crippen molar-refractivity contribution in [3.8, 4) is 11.5 Å². The van der Waals surface area contributed by atoms with Crippen LogP contribution >= 0.6 is 0 Å². The van der Waals surface area contributed by atoms with E-state index >= 15 is 0 Å². The molecule has 0 saturated heterocycles. The number of nitrogens with zero attached hydrogens (tertiary/aromatic N) is 1. The van der Waals surface area contributed by atoms with Gasteiger partial charge in [-0.25, -0.2) is 4.79 Å². The summed E-state index contributed by atoms with van der Waals surface area (Å²) in [7, 11) is 0. The Kier molecular flexibility index (Phi) is 5.22. The molecule has 1 spiro atoms. The first-order valence-electron chi connectivity index (χ1n) is 12.4. The van der Waals surface area contributed by atoms with Gasteiger partial charge in [-0.3, -0.25) is 0 Å². The van der Waals surface area contributed by atoms with Crippen molar-refractivity contribution in [3.05, 3.63) is 113 Å². The fraction of sp³-hybridized carbons (Fsp3) is 0.194. The zero-order valence-electron chi connectivity index (χ0n) is 20.7. The molecule has 2 aliphatic rings. The summed E-state index contributed by atoms with van der Waals surface area (Å²) in [5.41, 5.74) is 6.09. The minimum absolute atomic E-state index is 0.318. The number of rotatable bonds is 5. The number of anilines is 3. The molecule has 0 saturated carbocycles. The largest absolute Gasteiger partial charge is 0.456 e. The van der Waals surface area contributed by atoms with Crippen LogP contribution in [0, 0.1) is 6.92 Å². The highest BCUT2D eigenvalue weighted by Gasteiger charge is 2.53. The smallest absolute Gasteiger partial charge is 0.340 e. The monoisotopic (exact) mass is 476 g/mol. The minimum Gasteiger partial charge on any atom is -0.456 e. The van der Waals surface area contributed by atoms with Gasteiger partial charge < -0.3 is 19.7 Å². The van der Waals surface area contributed by atoms with E-state index in [9.17, 15) is 4.79 Å². The maximum absolute atomic E-state index is 13.1. The SMILES string of the molecule is CCN(CC)c1ccc2c(c1)Oc1cc(Nc3ccccc3)c(C)cc1C21OC(=O)c2ccccc21. The van der Waals surface area contributed by atoms with Gasteiger partial charge in [-0.1, -0.05) is 36.4 Å². The van der Waals surface area contributed by atoms with E-state index < -0.39 is 5.60 Å². The van der Waals surface area contributed by atoms with Crippen molar-refractivity contribution in [1.82, 2.24) is 0 Å². The molecule has 4 aromatic rings. The molecular weight excluding hydrogens is 448 g/mol. The van der Waals surface area contributed by atoms with Crippen LogP contribution in [0.5, 0.6) is 11.5 Å². The molecule has 1 N–H and O–H groups in total. The van der Waals surface area contributed by atoms with Gasteiger partial charge in [0.05, 0.1) is 5.56 Å². The molecule has 0 aromatic heterocycles. The number of fused-ring (bicyclic) bond motifs is 6. The summed E-state index contributed by atoms with van der Waals surface area (Å²) in [6.45, 7) is 8.11. The second-order valence-electron chi connectivity index (χ2n) is 9.23. The van der Waals surface area contributed by atoms with Crippen LogP contribution in [0.2, 0.25) is 0 Å². The highest BCUT2D eigenvalue weighted by molar-refractivity contribution is 5.97. The molecule has 2 heterocycles. The lowest BCUT2D eigenvalue weighted by molar-refractivity contribution is 0.0224. The van der Waals surface area contributed by atoms with Gasteiger partial charge in [-0.15, -0.1) is 0 Å². The molecule has 0 fully saturated rings. The van der Waals surface area contributed by atoms with Gasteiger partial charge >= 0.3 is 5.97 Å². The minimum atomic E-state index is -1.06. The summed E-state index contributed by atoms with van der Waals surface area (Å²) in [6, 6.07) is 28.0. The van der Waals surface area contributed by atoms with Crippen LogP contribution in [0.15, 0.2) is 84.9 Å². The number of ether oxygens (including phenoxy) is 2. The number of hydrogen-bond donors (Lipinski definition) is 1. The zero-order valence-corrected chi connectivity index (χ0v) is 20.7. The van der Waals surface area contributed by atoms with Crippen LogP contribution in [-0.4, -0.2) is 19.1 Å². The van der Waals surface area contributed by atoms with Gasteiger partial charge in [0.25, 0.3) is 0 Å². The van der Waals surface area contributed by atoms with Crippen LogP contribution < -0.4 is 15.0 Å². The highest BCUT2D eigenvalue weighted by Crippen LogP contribution is 2.57. The normalized spacial score (nSPS) is 17.0. The zero-order chi connectivity index (χ0) is 24.9. The Hall–Kier alpha value is -4.25. The molecule has 5 nitrogen and oxygen atoms in total. The van der Waals surface area contributed by atoms with Crippen molar-refractivity contribution >= 4 is 23.0 Å². The fourth-order valence-corrected chi connectivity index (χ4v) is 5.41. The molecular formula is C31H28N2O3. The average molecular weight is 477 g/mol. The Morgan fingerprint density at radius 3 is 2.31 bits per heavy atom. The number of nitrogens with one attached hydrogen (secondary N) is 1. The molecule has 2 aliphatic heterocycles. The molecule has 5 heteroatoms. The van der Waals surface area contributed by atoms with Crippen LogP contribution in [-0.2, 0) is 10.3 Å². The lowest BCUT2D eigenvalue weighted by Crippen LogP contribution is -2.33. The van der Waals surface area contributed by atoms with Crippen molar-refractivity contribution in [1.29, 1.82) is 0 Å². The fourth-order valence-electron chi connectivity index (χ4n) is 5.41. The maximum atomic E-state index is 13.1. The number of esters is 1. The topological polar surface area (TPSA) is 50.8 Å². The van der Waals surface area contributed by atoms with Gasteiger partial charge in [0.1, 0.15) is 11.5 Å². The summed E-state index contributed by atoms with van der Waals surface area (Å²) in [5, 5.41) is 3.51. The molecule has 0 bridgehead atoms. The van der Waals surface area contributed by atoms with E-state index in [0.717, 1.165) is 52.4 Å². The molecule has 1 atom stereocenters. The van der Waals surface area contributed by atoms with Crippen molar-refractivity contribution in [2.75, 3.05) is 23.3 Å². The number of carbonyl (C=O) groups excluding carboxylic acids is 1. The number of benzene rings is 4. The van der Waals surface area contributed by atoms with Gasteiger partial charge in [-0.05, 0) is 62.7 Å². The lowest BCUT2D eigenvalue weighted by Gasteiger charge is -2.37. The Bertz CT molecular complexity index is 1480. The molecule has 6 rings (SSSR count). The molecule has 0 aliphatic carbocycles. The van der Waals surface area contributed by atoms with E-state index in [1.165, 1.54) is 0 Å². The first-order chi connectivity index (χ1) is 17.5. The summed E-state index contributed by atoms with van der Waals surface area (Å²) in [4.78, 5) is 15.4. The van der Waals surface area contributed by atoms with Gasteiger partial charge in [0.2, 0.25) is 0 Å². The molecule has 1 unspecified atom stereocenters. The molecule has 0 amide bonds. The van der Waals surface area contributed by atoms with Crippen molar-refractivity contribution in [3.63, 3.8) is 0 Å². The third-order valence-electron chi connectivity index (χ3n) is 7.22. The van der Waals surface area contributed by atoms with E-state index in [1.807, 2.05) is 66.7 Å². The predicted octanol–water partition coefficient (Wildman–Crippen LogP) is 7.15. The Labute approximate surface area is 211 Å². The van der Waals surface area contributed by atoms with Crippen LogP contribution in [0.1, 0.15) is 46.5 Å². The van der Waals surface area contributed by atoms with Crippen LogP contribution in [0.25, 0.3) is 0 Å². The number of hydrogen-bond acceptors (Lipinski definition) is 5. The predicted molar refractivity (Wildman–Crippen MR) is 143 cm³/mol. The van der Waals surface area contributed by atoms with Crippen molar-refractivity contribution < 1.29 is 14.3 Å². The Morgan fingerprint density at radius 2 is 1.53 bits per heavy atom. The third kappa shape index (κ3) is 3.27. The first kappa shape index (κ1) is 22.2. The van der Waals surface area contributed by atoms with E-state index in [1.54, 1.807) is 0 Å². The quantitative estimate of drug-likeness (QED) is 0.310. The second kappa shape index (κ2) is 8.45. The summed E-state index contributed by atoms with van der Waals surface area (Å²) in [5.74, 6) is 1.06.